The molecular weight excluding hydrogens is 264 g/mol. The van der Waals surface area contributed by atoms with Gasteiger partial charge in [-0.1, -0.05) is 0 Å². The molecule has 0 aromatic carbocycles. The number of carbonyl (C=O) groups excluding carboxylic acids is 1. The molecule has 5 nitrogen and oxygen atoms in total. The van der Waals surface area contributed by atoms with E-state index >= 15 is 0 Å². The highest BCUT2D eigenvalue weighted by Crippen LogP contribution is 2.20. The van der Waals surface area contributed by atoms with E-state index in [1.54, 1.807) is 6.20 Å². The van der Waals surface area contributed by atoms with E-state index in [9.17, 15) is 4.79 Å². The second-order valence-electron chi connectivity index (χ2n) is 5.46. The number of hydrogen-bond donors (Lipinski definition) is 1. The molecule has 0 atom stereocenters. The first-order valence-electron chi connectivity index (χ1n) is 7.22. The van der Waals surface area contributed by atoms with E-state index in [4.69, 9.17) is 0 Å². The van der Waals surface area contributed by atoms with Crippen molar-refractivity contribution in [3.8, 4) is 0 Å². The first-order valence-corrected chi connectivity index (χ1v) is 7.22. The van der Waals surface area contributed by atoms with E-state index < -0.39 is 0 Å². The third-order valence-corrected chi connectivity index (χ3v) is 3.58. The molecule has 1 amide bonds. The zero-order valence-electron chi connectivity index (χ0n) is 13.1. The highest BCUT2D eigenvalue weighted by atomic mass is 16.1. The molecule has 2 rings (SSSR count). The van der Waals surface area contributed by atoms with Crippen molar-refractivity contribution in [2.45, 2.75) is 40.2 Å². The lowest BCUT2D eigenvalue weighted by Gasteiger charge is -2.13. The average molecular weight is 286 g/mol. The molecule has 0 fully saturated rings. The van der Waals surface area contributed by atoms with Crippen LogP contribution in [0.4, 0.5) is 0 Å². The molecule has 112 valence electrons. The van der Waals surface area contributed by atoms with Crippen molar-refractivity contribution in [1.29, 1.82) is 0 Å². The fourth-order valence-corrected chi connectivity index (χ4v) is 2.71. The molecular formula is C16H22N4O. The Balaban J connectivity index is 1.95. The SMILES string of the molecule is Cc1cc(CCNC(=O)c2cnccn2)c(C)n1C(C)C. The maximum Gasteiger partial charge on any atom is 0.271 e. The summed E-state index contributed by atoms with van der Waals surface area (Å²) in [5.74, 6) is -0.180. The maximum atomic E-state index is 11.9. The number of nitrogens with one attached hydrogen (secondary N) is 1. The van der Waals surface area contributed by atoms with Crippen LogP contribution in [0.2, 0.25) is 0 Å². The quantitative estimate of drug-likeness (QED) is 0.918. The summed E-state index contributed by atoms with van der Waals surface area (Å²) in [5, 5.41) is 2.88. The van der Waals surface area contributed by atoms with Crippen molar-refractivity contribution in [3.63, 3.8) is 0 Å². The number of carbonyl (C=O) groups is 1. The third-order valence-electron chi connectivity index (χ3n) is 3.58. The van der Waals surface area contributed by atoms with Gasteiger partial charge in [0.05, 0.1) is 6.20 Å². The van der Waals surface area contributed by atoms with E-state index in [0.29, 0.717) is 18.3 Å². The minimum absolute atomic E-state index is 0.180. The van der Waals surface area contributed by atoms with Crippen LogP contribution in [0.15, 0.2) is 24.7 Å². The number of aromatic nitrogens is 3. The number of hydrogen-bond acceptors (Lipinski definition) is 3. The average Bonchev–Trinajstić information content (AvgIpc) is 2.74. The predicted molar refractivity (Wildman–Crippen MR) is 82.4 cm³/mol. The topological polar surface area (TPSA) is 59.8 Å². The molecule has 0 spiro atoms. The van der Waals surface area contributed by atoms with Crippen LogP contribution in [0.1, 0.15) is 47.3 Å². The highest BCUT2D eigenvalue weighted by Gasteiger charge is 2.12. The van der Waals surface area contributed by atoms with E-state index in [-0.39, 0.29) is 5.91 Å². The number of rotatable bonds is 5. The minimum Gasteiger partial charge on any atom is -0.350 e. The third kappa shape index (κ3) is 3.48. The molecule has 0 aliphatic heterocycles. The second-order valence-corrected chi connectivity index (χ2v) is 5.46. The van der Waals surface area contributed by atoms with Crippen LogP contribution in [-0.2, 0) is 6.42 Å². The van der Waals surface area contributed by atoms with Crippen molar-refractivity contribution in [2.24, 2.45) is 0 Å². The van der Waals surface area contributed by atoms with Crippen LogP contribution >= 0.6 is 0 Å². The van der Waals surface area contributed by atoms with Gasteiger partial charge in [0.2, 0.25) is 0 Å². The lowest BCUT2D eigenvalue weighted by atomic mass is 10.2. The first-order chi connectivity index (χ1) is 10.0. The van der Waals surface area contributed by atoms with E-state index in [0.717, 1.165) is 6.42 Å². The Morgan fingerprint density at radius 1 is 1.33 bits per heavy atom. The molecule has 1 N–H and O–H groups in total. The second kappa shape index (κ2) is 6.52. The first kappa shape index (κ1) is 15.2. The van der Waals surface area contributed by atoms with Gasteiger partial charge in [0.15, 0.2) is 0 Å². The largest absolute Gasteiger partial charge is 0.350 e. The summed E-state index contributed by atoms with van der Waals surface area (Å²) in [6, 6.07) is 2.65. The summed E-state index contributed by atoms with van der Waals surface area (Å²) in [4.78, 5) is 19.8. The summed E-state index contributed by atoms with van der Waals surface area (Å²) >= 11 is 0. The zero-order valence-corrected chi connectivity index (χ0v) is 13.1. The molecule has 0 aliphatic carbocycles. The molecule has 2 heterocycles. The van der Waals surface area contributed by atoms with Crippen LogP contribution in [0, 0.1) is 13.8 Å². The van der Waals surface area contributed by atoms with E-state index in [1.807, 2.05) is 0 Å². The van der Waals surface area contributed by atoms with E-state index in [2.05, 4.69) is 53.6 Å². The van der Waals surface area contributed by atoms with Crippen LogP contribution in [-0.4, -0.2) is 27.0 Å². The Morgan fingerprint density at radius 2 is 2.10 bits per heavy atom. The number of amides is 1. The van der Waals surface area contributed by atoms with Crippen LogP contribution in [0.5, 0.6) is 0 Å². The molecule has 0 radical (unpaired) electrons. The van der Waals surface area contributed by atoms with Gasteiger partial charge < -0.3 is 9.88 Å². The highest BCUT2D eigenvalue weighted by molar-refractivity contribution is 5.91. The van der Waals surface area contributed by atoms with Gasteiger partial charge in [-0.2, -0.15) is 0 Å². The van der Waals surface area contributed by atoms with Gasteiger partial charge in [0.25, 0.3) is 5.91 Å². The minimum atomic E-state index is -0.180. The van der Waals surface area contributed by atoms with Crippen LogP contribution < -0.4 is 5.32 Å². The molecule has 0 saturated heterocycles. The van der Waals surface area contributed by atoms with Gasteiger partial charge in [-0.3, -0.25) is 9.78 Å². The monoisotopic (exact) mass is 286 g/mol. The lowest BCUT2D eigenvalue weighted by molar-refractivity contribution is 0.0948. The van der Waals surface area contributed by atoms with Crippen LogP contribution in [0.25, 0.3) is 0 Å². The van der Waals surface area contributed by atoms with Crippen molar-refractivity contribution >= 4 is 5.91 Å². The van der Waals surface area contributed by atoms with Crippen molar-refractivity contribution in [3.05, 3.63) is 47.3 Å². The van der Waals surface area contributed by atoms with Crippen molar-refractivity contribution in [2.75, 3.05) is 6.54 Å². The van der Waals surface area contributed by atoms with Crippen molar-refractivity contribution < 1.29 is 4.79 Å². The lowest BCUT2D eigenvalue weighted by Crippen LogP contribution is -2.26. The zero-order chi connectivity index (χ0) is 15.4. The summed E-state index contributed by atoms with van der Waals surface area (Å²) < 4.78 is 2.32. The molecule has 21 heavy (non-hydrogen) atoms. The Kier molecular flexibility index (Phi) is 4.73. The molecule has 0 aliphatic rings. The Bertz CT molecular complexity index is 617. The fraction of sp³-hybridized carbons (Fsp3) is 0.438. The summed E-state index contributed by atoms with van der Waals surface area (Å²) in [7, 11) is 0. The summed E-state index contributed by atoms with van der Waals surface area (Å²) in [6.07, 6.45) is 5.36. The standard InChI is InChI=1S/C16H22N4O/c1-11(2)20-12(3)9-14(13(20)4)5-6-19-16(21)15-10-17-7-8-18-15/h7-11H,5-6H2,1-4H3,(H,19,21). The molecule has 0 bridgehead atoms. The van der Waals surface area contributed by atoms with Gasteiger partial charge in [-0.05, 0) is 45.7 Å². The molecule has 0 saturated carbocycles. The molecule has 0 unspecified atom stereocenters. The fourth-order valence-electron chi connectivity index (χ4n) is 2.71. The summed E-state index contributed by atoms with van der Waals surface area (Å²) in [6.45, 7) is 9.21. The van der Waals surface area contributed by atoms with Gasteiger partial charge in [-0.25, -0.2) is 4.98 Å². The Labute approximate surface area is 125 Å². The molecule has 2 aromatic rings. The Hall–Kier alpha value is -2.17. The number of nitrogens with zero attached hydrogens (tertiary/aromatic N) is 3. The maximum absolute atomic E-state index is 11.9. The van der Waals surface area contributed by atoms with Gasteiger partial charge in [-0.15, -0.1) is 0 Å². The number of aryl methyl sites for hydroxylation is 1. The Morgan fingerprint density at radius 3 is 2.67 bits per heavy atom. The summed E-state index contributed by atoms with van der Waals surface area (Å²) in [5.41, 5.74) is 4.17. The normalized spacial score (nSPS) is 10.9. The molecule has 2 aromatic heterocycles. The van der Waals surface area contributed by atoms with Crippen molar-refractivity contribution in [1.82, 2.24) is 19.9 Å². The van der Waals surface area contributed by atoms with Gasteiger partial charge in [0.1, 0.15) is 5.69 Å². The predicted octanol–water partition coefficient (Wildman–Crippen LogP) is 2.45. The smallest absolute Gasteiger partial charge is 0.271 e. The van der Waals surface area contributed by atoms with Gasteiger partial charge in [0, 0.05) is 36.4 Å². The molecule has 5 heteroatoms. The van der Waals surface area contributed by atoms with E-state index in [1.165, 1.54) is 29.3 Å². The van der Waals surface area contributed by atoms with Gasteiger partial charge >= 0.3 is 0 Å². The van der Waals surface area contributed by atoms with Crippen LogP contribution in [0.3, 0.4) is 0 Å².